The molecule has 0 fully saturated rings. The zero-order valence-electron chi connectivity index (χ0n) is 15.2. The lowest BCUT2D eigenvalue weighted by Gasteiger charge is -2.15. The van der Waals surface area contributed by atoms with Gasteiger partial charge in [-0.25, -0.2) is 0 Å². The molecule has 1 heterocycles. The van der Waals surface area contributed by atoms with Crippen molar-refractivity contribution in [3.63, 3.8) is 0 Å². The predicted octanol–water partition coefficient (Wildman–Crippen LogP) is 5.87. The van der Waals surface area contributed by atoms with Gasteiger partial charge < -0.3 is 9.84 Å². The monoisotopic (exact) mass is 322 g/mol. The highest BCUT2D eigenvalue weighted by molar-refractivity contribution is 5.91. The number of amides is 1. The van der Waals surface area contributed by atoms with E-state index in [1.807, 2.05) is 6.92 Å². The average molecular weight is 322 g/mol. The van der Waals surface area contributed by atoms with Gasteiger partial charge in [-0.3, -0.25) is 4.79 Å². The third kappa shape index (κ3) is 8.77. The maximum Gasteiger partial charge on any atom is 0.228 e. The Hall–Kier alpha value is -1.32. The normalized spacial score (nSPS) is 12.3. The molecular weight excluding hydrogens is 288 g/mol. The Balaban J connectivity index is 2.42. The van der Waals surface area contributed by atoms with Crippen molar-refractivity contribution in [3.8, 4) is 0 Å². The van der Waals surface area contributed by atoms with Gasteiger partial charge in [0.2, 0.25) is 5.91 Å². The summed E-state index contributed by atoms with van der Waals surface area (Å²) in [6.07, 6.45) is 13.0. The van der Waals surface area contributed by atoms with Crippen molar-refractivity contribution in [2.24, 2.45) is 5.92 Å². The minimum absolute atomic E-state index is 0.102. The Bertz CT molecular complexity index is 429. The molecule has 1 amide bonds. The Morgan fingerprint density at radius 1 is 1.04 bits per heavy atom. The second kappa shape index (κ2) is 12.1. The van der Waals surface area contributed by atoms with E-state index in [9.17, 15) is 4.79 Å². The molecule has 1 N–H and O–H groups in total. The van der Waals surface area contributed by atoms with Crippen molar-refractivity contribution in [1.29, 1.82) is 0 Å². The SMILES string of the molecule is CCCCCCCC(CCCCCC)C(=O)Nc1cc(C)on1. The highest BCUT2D eigenvalue weighted by Crippen LogP contribution is 2.21. The summed E-state index contributed by atoms with van der Waals surface area (Å²) in [5.74, 6) is 1.46. The van der Waals surface area contributed by atoms with Crippen LogP contribution < -0.4 is 5.32 Å². The molecule has 1 aromatic heterocycles. The first kappa shape index (κ1) is 19.7. The van der Waals surface area contributed by atoms with Crippen LogP contribution in [0.25, 0.3) is 0 Å². The van der Waals surface area contributed by atoms with E-state index in [2.05, 4.69) is 24.3 Å². The number of unbranched alkanes of at least 4 members (excludes halogenated alkanes) is 7. The Labute approximate surface area is 141 Å². The van der Waals surface area contributed by atoms with Gasteiger partial charge in [0.05, 0.1) is 0 Å². The van der Waals surface area contributed by atoms with Crippen LogP contribution in [-0.4, -0.2) is 11.1 Å². The molecule has 0 aliphatic heterocycles. The number of aromatic nitrogens is 1. The van der Waals surface area contributed by atoms with Crippen LogP contribution in [0.4, 0.5) is 5.82 Å². The third-order valence-electron chi connectivity index (χ3n) is 4.31. The average Bonchev–Trinajstić information content (AvgIpc) is 2.94. The van der Waals surface area contributed by atoms with Crippen molar-refractivity contribution < 1.29 is 9.32 Å². The number of nitrogens with one attached hydrogen (secondary N) is 1. The first-order valence-electron chi connectivity index (χ1n) is 9.41. The van der Waals surface area contributed by atoms with Gasteiger partial charge >= 0.3 is 0 Å². The van der Waals surface area contributed by atoms with E-state index in [4.69, 9.17) is 4.52 Å². The summed E-state index contributed by atoms with van der Waals surface area (Å²) in [5.41, 5.74) is 0. The lowest BCUT2D eigenvalue weighted by molar-refractivity contribution is -0.120. The smallest absolute Gasteiger partial charge is 0.228 e. The van der Waals surface area contributed by atoms with E-state index in [0.717, 1.165) is 31.4 Å². The topological polar surface area (TPSA) is 55.1 Å². The molecule has 1 rings (SSSR count). The summed E-state index contributed by atoms with van der Waals surface area (Å²) in [6.45, 7) is 6.27. The summed E-state index contributed by atoms with van der Waals surface area (Å²) >= 11 is 0. The van der Waals surface area contributed by atoms with Crippen LogP contribution in [0.1, 0.15) is 90.2 Å². The second-order valence-electron chi connectivity index (χ2n) is 6.56. The molecule has 0 aliphatic rings. The van der Waals surface area contributed by atoms with E-state index < -0.39 is 0 Å². The molecule has 0 spiro atoms. The predicted molar refractivity (Wildman–Crippen MR) is 95.5 cm³/mol. The van der Waals surface area contributed by atoms with Crippen LogP contribution >= 0.6 is 0 Å². The molecule has 23 heavy (non-hydrogen) atoms. The van der Waals surface area contributed by atoms with Gasteiger partial charge in [0, 0.05) is 12.0 Å². The molecule has 0 saturated heterocycles. The maximum absolute atomic E-state index is 12.5. The minimum Gasteiger partial charge on any atom is -0.360 e. The van der Waals surface area contributed by atoms with Gasteiger partial charge in [0.1, 0.15) is 5.76 Å². The number of hydrogen-bond donors (Lipinski definition) is 1. The molecule has 1 aromatic rings. The zero-order valence-corrected chi connectivity index (χ0v) is 15.2. The minimum atomic E-state index is 0.102. The number of hydrogen-bond acceptors (Lipinski definition) is 3. The third-order valence-corrected chi connectivity index (χ3v) is 4.31. The van der Waals surface area contributed by atoms with Gasteiger partial charge in [-0.15, -0.1) is 0 Å². The van der Waals surface area contributed by atoms with Crippen LogP contribution in [0.2, 0.25) is 0 Å². The highest BCUT2D eigenvalue weighted by atomic mass is 16.5. The molecule has 4 heteroatoms. The second-order valence-corrected chi connectivity index (χ2v) is 6.56. The van der Waals surface area contributed by atoms with Crippen molar-refractivity contribution >= 4 is 11.7 Å². The fourth-order valence-corrected chi connectivity index (χ4v) is 2.87. The zero-order chi connectivity index (χ0) is 16.9. The number of aryl methyl sites for hydroxylation is 1. The molecule has 1 atom stereocenters. The van der Waals surface area contributed by atoms with E-state index in [0.29, 0.717) is 5.82 Å². The first-order valence-corrected chi connectivity index (χ1v) is 9.41. The largest absolute Gasteiger partial charge is 0.360 e. The van der Waals surface area contributed by atoms with Crippen molar-refractivity contribution in [1.82, 2.24) is 5.16 Å². The van der Waals surface area contributed by atoms with E-state index in [-0.39, 0.29) is 11.8 Å². The number of carbonyl (C=O) groups excluding carboxylic acids is 1. The number of anilines is 1. The summed E-state index contributed by atoms with van der Waals surface area (Å²) < 4.78 is 5.02. The lowest BCUT2D eigenvalue weighted by Crippen LogP contribution is -2.23. The maximum atomic E-state index is 12.5. The molecule has 0 radical (unpaired) electrons. The molecule has 132 valence electrons. The number of carbonyl (C=O) groups is 1. The molecular formula is C19H34N2O2. The van der Waals surface area contributed by atoms with Crippen molar-refractivity contribution in [3.05, 3.63) is 11.8 Å². The highest BCUT2D eigenvalue weighted by Gasteiger charge is 2.19. The number of rotatable bonds is 13. The van der Waals surface area contributed by atoms with Crippen molar-refractivity contribution in [2.75, 3.05) is 5.32 Å². The fourth-order valence-electron chi connectivity index (χ4n) is 2.87. The van der Waals surface area contributed by atoms with Crippen LogP contribution in [0.15, 0.2) is 10.6 Å². The van der Waals surface area contributed by atoms with Crippen LogP contribution in [-0.2, 0) is 4.79 Å². The van der Waals surface area contributed by atoms with Gasteiger partial charge in [-0.05, 0) is 19.8 Å². The van der Waals surface area contributed by atoms with Gasteiger partial charge in [-0.1, -0.05) is 76.8 Å². The first-order chi connectivity index (χ1) is 11.2. The fraction of sp³-hybridized carbons (Fsp3) is 0.789. The summed E-state index contributed by atoms with van der Waals surface area (Å²) in [6, 6.07) is 1.77. The van der Waals surface area contributed by atoms with Gasteiger partial charge in [0.25, 0.3) is 0 Å². The van der Waals surface area contributed by atoms with E-state index in [1.54, 1.807) is 6.07 Å². The van der Waals surface area contributed by atoms with Crippen molar-refractivity contribution in [2.45, 2.75) is 91.4 Å². The lowest BCUT2D eigenvalue weighted by atomic mass is 9.93. The molecule has 1 unspecified atom stereocenters. The van der Waals surface area contributed by atoms with Crippen LogP contribution in [0.3, 0.4) is 0 Å². The molecule has 0 saturated carbocycles. The van der Waals surface area contributed by atoms with Gasteiger partial charge in [-0.2, -0.15) is 0 Å². The Kier molecular flexibility index (Phi) is 10.4. The van der Waals surface area contributed by atoms with Crippen LogP contribution in [0, 0.1) is 12.8 Å². The summed E-state index contributed by atoms with van der Waals surface area (Å²) in [7, 11) is 0. The van der Waals surface area contributed by atoms with E-state index >= 15 is 0 Å². The van der Waals surface area contributed by atoms with Crippen LogP contribution in [0.5, 0.6) is 0 Å². The molecule has 0 aliphatic carbocycles. The molecule has 0 bridgehead atoms. The number of nitrogens with zero attached hydrogens (tertiary/aromatic N) is 1. The summed E-state index contributed by atoms with van der Waals surface area (Å²) in [5, 5.41) is 6.77. The standard InChI is InChI=1S/C19H34N2O2/c1-4-6-8-10-12-14-17(13-11-9-7-5-2)19(22)20-18-15-16(3)23-21-18/h15,17H,4-14H2,1-3H3,(H,20,21,22). The molecule has 0 aromatic carbocycles. The van der Waals surface area contributed by atoms with E-state index in [1.165, 1.54) is 44.9 Å². The quantitative estimate of drug-likeness (QED) is 0.462. The Morgan fingerprint density at radius 2 is 1.61 bits per heavy atom. The van der Waals surface area contributed by atoms with Gasteiger partial charge in [0.15, 0.2) is 5.82 Å². The Morgan fingerprint density at radius 3 is 2.13 bits per heavy atom. The molecule has 4 nitrogen and oxygen atoms in total. The summed E-state index contributed by atoms with van der Waals surface area (Å²) in [4.78, 5) is 12.5.